The second-order valence-electron chi connectivity index (χ2n) is 3.79. The summed E-state index contributed by atoms with van der Waals surface area (Å²) < 4.78 is 10.8. The molecule has 0 aliphatic carbocycles. The van der Waals surface area contributed by atoms with Crippen molar-refractivity contribution in [3.63, 3.8) is 0 Å². The van der Waals surface area contributed by atoms with E-state index < -0.39 is 0 Å². The number of hydrogen-bond donors (Lipinski definition) is 0. The Kier molecular flexibility index (Phi) is 1.91. The molecule has 3 nitrogen and oxygen atoms in total. The number of aliphatic imine (C=N–C) groups is 1. The first kappa shape index (κ1) is 8.77. The fourth-order valence-electron chi connectivity index (χ4n) is 2.16. The van der Waals surface area contributed by atoms with E-state index >= 15 is 0 Å². The molecule has 0 spiro atoms. The van der Waals surface area contributed by atoms with E-state index in [-0.39, 0.29) is 0 Å². The predicted octanol–water partition coefficient (Wildman–Crippen LogP) is 2.17. The van der Waals surface area contributed by atoms with Crippen LogP contribution < -0.4 is 9.47 Å². The van der Waals surface area contributed by atoms with Gasteiger partial charge in [-0.25, -0.2) is 0 Å². The Morgan fingerprint density at radius 3 is 2.87 bits per heavy atom. The number of fused-ring (bicyclic) bond motifs is 2. The minimum atomic E-state index is 0.344. The van der Waals surface area contributed by atoms with Crippen LogP contribution in [0.15, 0.2) is 17.1 Å². The molecule has 3 heteroatoms. The van der Waals surface area contributed by atoms with Gasteiger partial charge in [-0.2, -0.15) is 0 Å². The molecular formula is C12H13NO2. The number of benzene rings is 1. The molecule has 0 radical (unpaired) electrons. The highest BCUT2D eigenvalue weighted by Crippen LogP contribution is 2.36. The van der Waals surface area contributed by atoms with E-state index in [2.05, 4.69) is 24.0 Å². The van der Waals surface area contributed by atoms with Gasteiger partial charge in [-0.1, -0.05) is 6.92 Å². The Labute approximate surface area is 88.7 Å². The fraction of sp³-hybridized carbons (Fsp3) is 0.417. The van der Waals surface area contributed by atoms with Crippen LogP contribution in [-0.4, -0.2) is 19.0 Å². The van der Waals surface area contributed by atoms with Crippen LogP contribution in [0.5, 0.6) is 11.5 Å². The molecule has 2 aliphatic rings. The molecule has 0 aromatic heterocycles. The van der Waals surface area contributed by atoms with Crippen LogP contribution in [0.25, 0.3) is 0 Å². The lowest BCUT2D eigenvalue weighted by atomic mass is 9.95. The summed E-state index contributed by atoms with van der Waals surface area (Å²) in [6, 6.07) is 4.17. The quantitative estimate of drug-likeness (QED) is 0.700. The predicted molar refractivity (Wildman–Crippen MR) is 58.0 cm³/mol. The van der Waals surface area contributed by atoms with Crippen LogP contribution in [-0.2, 0) is 6.42 Å². The molecule has 0 saturated carbocycles. The molecular weight excluding hydrogens is 190 g/mol. The average molecular weight is 203 g/mol. The number of ether oxygens (including phenoxy) is 2. The maximum absolute atomic E-state index is 5.38. The maximum Gasteiger partial charge on any atom is 0.231 e. The average Bonchev–Trinajstić information content (AvgIpc) is 2.72. The Balaban J connectivity index is 2.14. The lowest BCUT2D eigenvalue weighted by molar-refractivity contribution is 0.174. The Bertz CT molecular complexity index is 437. The monoisotopic (exact) mass is 203 g/mol. The molecule has 78 valence electrons. The minimum absolute atomic E-state index is 0.344. The van der Waals surface area contributed by atoms with Crippen molar-refractivity contribution in [2.75, 3.05) is 13.3 Å². The Hall–Kier alpha value is -1.51. The van der Waals surface area contributed by atoms with Gasteiger partial charge >= 0.3 is 0 Å². The van der Waals surface area contributed by atoms with Gasteiger partial charge in [0.15, 0.2) is 11.5 Å². The molecule has 15 heavy (non-hydrogen) atoms. The second-order valence-corrected chi connectivity index (χ2v) is 3.79. The van der Waals surface area contributed by atoms with E-state index in [4.69, 9.17) is 9.47 Å². The molecule has 0 atom stereocenters. The fourth-order valence-corrected chi connectivity index (χ4v) is 2.16. The van der Waals surface area contributed by atoms with E-state index in [1.54, 1.807) is 0 Å². The zero-order valence-electron chi connectivity index (χ0n) is 8.75. The SMILES string of the molecule is CCC1=NCCc2cc3c(cc21)OCO3. The van der Waals surface area contributed by atoms with Crippen molar-refractivity contribution in [3.05, 3.63) is 23.3 Å². The van der Waals surface area contributed by atoms with E-state index in [1.165, 1.54) is 16.8 Å². The van der Waals surface area contributed by atoms with Gasteiger partial charge in [-0.3, -0.25) is 4.99 Å². The third-order valence-electron chi connectivity index (χ3n) is 2.93. The minimum Gasteiger partial charge on any atom is -0.454 e. The zero-order chi connectivity index (χ0) is 10.3. The van der Waals surface area contributed by atoms with Gasteiger partial charge < -0.3 is 9.47 Å². The van der Waals surface area contributed by atoms with E-state index in [0.717, 1.165) is 30.9 Å². The van der Waals surface area contributed by atoms with Crippen LogP contribution in [0, 0.1) is 0 Å². The molecule has 3 rings (SSSR count). The third kappa shape index (κ3) is 1.30. The standard InChI is InChI=1S/C12H13NO2/c1-2-10-9-6-12-11(14-7-15-12)5-8(9)3-4-13-10/h5-6H,2-4,7H2,1H3. The summed E-state index contributed by atoms with van der Waals surface area (Å²) >= 11 is 0. The van der Waals surface area contributed by atoms with Gasteiger partial charge in [0.05, 0.1) is 0 Å². The van der Waals surface area contributed by atoms with Crippen LogP contribution in [0.1, 0.15) is 24.5 Å². The van der Waals surface area contributed by atoms with Crippen LogP contribution >= 0.6 is 0 Å². The van der Waals surface area contributed by atoms with Crippen molar-refractivity contribution >= 4 is 5.71 Å². The molecule has 0 N–H and O–H groups in total. The summed E-state index contributed by atoms with van der Waals surface area (Å²) in [6.45, 7) is 3.38. The molecule has 2 heterocycles. The highest BCUT2D eigenvalue weighted by Gasteiger charge is 2.20. The number of rotatable bonds is 1. The Morgan fingerprint density at radius 2 is 2.07 bits per heavy atom. The van der Waals surface area contributed by atoms with Crippen LogP contribution in [0.2, 0.25) is 0 Å². The summed E-state index contributed by atoms with van der Waals surface area (Å²) in [7, 11) is 0. The van der Waals surface area contributed by atoms with Crippen LogP contribution in [0.4, 0.5) is 0 Å². The normalized spacial score (nSPS) is 17.3. The third-order valence-corrected chi connectivity index (χ3v) is 2.93. The molecule has 2 aliphatic heterocycles. The first-order chi connectivity index (χ1) is 7.38. The summed E-state index contributed by atoms with van der Waals surface area (Å²) in [6.07, 6.45) is 1.99. The summed E-state index contributed by atoms with van der Waals surface area (Å²) in [5.74, 6) is 1.74. The van der Waals surface area contributed by atoms with Crippen molar-refractivity contribution < 1.29 is 9.47 Å². The first-order valence-corrected chi connectivity index (χ1v) is 5.34. The first-order valence-electron chi connectivity index (χ1n) is 5.34. The molecule has 0 unspecified atom stereocenters. The van der Waals surface area contributed by atoms with Gasteiger partial charge in [-0.15, -0.1) is 0 Å². The van der Waals surface area contributed by atoms with Crippen molar-refractivity contribution in [2.24, 2.45) is 4.99 Å². The summed E-state index contributed by atoms with van der Waals surface area (Å²) in [4.78, 5) is 4.54. The van der Waals surface area contributed by atoms with Gasteiger partial charge in [0.1, 0.15) is 0 Å². The van der Waals surface area contributed by atoms with Crippen LogP contribution in [0.3, 0.4) is 0 Å². The van der Waals surface area contributed by atoms with E-state index in [0.29, 0.717) is 6.79 Å². The number of hydrogen-bond acceptors (Lipinski definition) is 3. The van der Waals surface area contributed by atoms with Gasteiger partial charge in [0.2, 0.25) is 6.79 Å². The molecule has 0 saturated heterocycles. The van der Waals surface area contributed by atoms with Crippen molar-refractivity contribution in [2.45, 2.75) is 19.8 Å². The van der Waals surface area contributed by atoms with E-state index in [1.807, 2.05) is 0 Å². The molecule has 1 aromatic rings. The molecule has 1 aromatic carbocycles. The topological polar surface area (TPSA) is 30.8 Å². The largest absolute Gasteiger partial charge is 0.454 e. The smallest absolute Gasteiger partial charge is 0.231 e. The Morgan fingerprint density at radius 1 is 1.27 bits per heavy atom. The van der Waals surface area contributed by atoms with Gasteiger partial charge in [0.25, 0.3) is 0 Å². The van der Waals surface area contributed by atoms with Gasteiger partial charge in [-0.05, 0) is 30.5 Å². The second kappa shape index (κ2) is 3.26. The summed E-state index contributed by atoms with van der Waals surface area (Å²) in [5, 5.41) is 0. The molecule has 0 amide bonds. The highest BCUT2D eigenvalue weighted by atomic mass is 16.7. The lowest BCUT2D eigenvalue weighted by Crippen LogP contribution is -2.11. The van der Waals surface area contributed by atoms with Crippen molar-refractivity contribution in [1.82, 2.24) is 0 Å². The lowest BCUT2D eigenvalue weighted by Gasteiger charge is -2.16. The van der Waals surface area contributed by atoms with E-state index in [9.17, 15) is 0 Å². The number of nitrogens with zero attached hydrogens (tertiary/aromatic N) is 1. The maximum atomic E-state index is 5.38. The van der Waals surface area contributed by atoms with Gasteiger partial charge in [0, 0.05) is 17.8 Å². The molecule has 0 fully saturated rings. The molecule has 0 bridgehead atoms. The summed E-state index contributed by atoms with van der Waals surface area (Å²) in [5.41, 5.74) is 3.77. The highest BCUT2D eigenvalue weighted by molar-refractivity contribution is 6.03. The zero-order valence-corrected chi connectivity index (χ0v) is 8.75. The van der Waals surface area contributed by atoms with Crippen molar-refractivity contribution in [3.8, 4) is 11.5 Å². The van der Waals surface area contributed by atoms with Crippen molar-refractivity contribution in [1.29, 1.82) is 0 Å².